The number of halogens is 3. The number of morpholine rings is 1. The number of hydrogen-bond donors (Lipinski definition) is 1. The van der Waals surface area contributed by atoms with Gasteiger partial charge in [0, 0.05) is 13.1 Å². The first-order chi connectivity index (χ1) is 14.3. The van der Waals surface area contributed by atoms with Gasteiger partial charge in [0.25, 0.3) is 0 Å². The van der Waals surface area contributed by atoms with Gasteiger partial charge in [0.15, 0.2) is 0 Å². The third-order valence-electron chi connectivity index (χ3n) is 5.80. The van der Waals surface area contributed by atoms with E-state index >= 15 is 0 Å². The maximum atomic E-state index is 13.3. The largest absolute Gasteiger partial charge is 0.416 e. The number of nitrogens with one attached hydrogen (secondary N) is 1. The zero-order valence-electron chi connectivity index (χ0n) is 16.1. The summed E-state index contributed by atoms with van der Waals surface area (Å²) < 4.78 is 45.5. The van der Waals surface area contributed by atoms with Gasteiger partial charge in [-0.15, -0.1) is 0 Å². The van der Waals surface area contributed by atoms with Crippen LogP contribution in [-0.2, 0) is 32.5 Å². The van der Waals surface area contributed by atoms with E-state index in [0.29, 0.717) is 13.0 Å². The number of alkyl halides is 3. The lowest BCUT2D eigenvalue weighted by atomic mass is 9.77. The Labute approximate surface area is 171 Å². The molecular formula is C22H21F3N2O3. The molecule has 1 N–H and O–H groups in total. The molecule has 0 bridgehead atoms. The molecule has 0 aliphatic carbocycles. The van der Waals surface area contributed by atoms with Crippen LogP contribution in [-0.4, -0.2) is 42.5 Å². The van der Waals surface area contributed by atoms with Crippen molar-refractivity contribution in [3.63, 3.8) is 0 Å². The van der Waals surface area contributed by atoms with Crippen molar-refractivity contribution in [1.29, 1.82) is 0 Å². The zero-order chi connectivity index (χ0) is 21.4. The first kappa shape index (κ1) is 20.4. The second-order valence-corrected chi connectivity index (χ2v) is 7.61. The van der Waals surface area contributed by atoms with Gasteiger partial charge in [-0.2, -0.15) is 13.2 Å². The molecular weight excluding hydrogens is 397 g/mol. The predicted octanol–water partition coefficient (Wildman–Crippen LogP) is 2.89. The highest BCUT2D eigenvalue weighted by molar-refractivity contribution is 5.81. The standard InChI is InChI=1S/C22H21F3N2O3/c23-22(24,25)17-9-5-4-6-15(17)12-20(29)27-11-10-21(16-7-2-1-3-8-16)18(13-27)30-14-19(28)26-21/h1-9,18H,10-14H2,(H,26,28)/t18-,21+/m1/s1. The summed E-state index contributed by atoms with van der Waals surface area (Å²) in [6.07, 6.45) is -4.92. The highest BCUT2D eigenvalue weighted by Gasteiger charge is 2.49. The van der Waals surface area contributed by atoms with Crippen LogP contribution in [0.25, 0.3) is 0 Å². The van der Waals surface area contributed by atoms with Crippen molar-refractivity contribution in [2.45, 2.75) is 30.7 Å². The third-order valence-corrected chi connectivity index (χ3v) is 5.80. The number of carbonyl (C=O) groups excluding carboxylic acids is 2. The van der Waals surface area contributed by atoms with Gasteiger partial charge < -0.3 is 15.0 Å². The van der Waals surface area contributed by atoms with Crippen LogP contribution < -0.4 is 5.32 Å². The average Bonchev–Trinajstić information content (AvgIpc) is 2.73. The highest BCUT2D eigenvalue weighted by Crippen LogP contribution is 2.37. The lowest BCUT2D eigenvalue weighted by Crippen LogP contribution is -2.67. The van der Waals surface area contributed by atoms with E-state index in [-0.39, 0.29) is 31.0 Å². The Morgan fingerprint density at radius 3 is 2.57 bits per heavy atom. The van der Waals surface area contributed by atoms with Gasteiger partial charge >= 0.3 is 6.18 Å². The Morgan fingerprint density at radius 2 is 1.83 bits per heavy atom. The molecule has 5 nitrogen and oxygen atoms in total. The van der Waals surface area contributed by atoms with Crippen LogP contribution in [0.1, 0.15) is 23.1 Å². The fourth-order valence-corrected chi connectivity index (χ4v) is 4.31. The molecule has 2 aliphatic rings. The maximum Gasteiger partial charge on any atom is 0.416 e. The molecule has 158 valence electrons. The van der Waals surface area contributed by atoms with Gasteiger partial charge in [-0.25, -0.2) is 0 Å². The summed E-state index contributed by atoms with van der Waals surface area (Å²) in [5, 5.41) is 3.04. The fourth-order valence-electron chi connectivity index (χ4n) is 4.31. The number of rotatable bonds is 3. The molecule has 30 heavy (non-hydrogen) atoms. The smallest absolute Gasteiger partial charge is 0.364 e. The van der Waals surface area contributed by atoms with E-state index < -0.39 is 29.3 Å². The first-order valence-electron chi connectivity index (χ1n) is 9.70. The molecule has 2 atom stereocenters. The number of benzene rings is 2. The summed E-state index contributed by atoms with van der Waals surface area (Å²) in [7, 11) is 0. The van der Waals surface area contributed by atoms with Crippen LogP contribution in [0.3, 0.4) is 0 Å². The van der Waals surface area contributed by atoms with E-state index in [1.165, 1.54) is 23.1 Å². The summed E-state index contributed by atoms with van der Waals surface area (Å²) >= 11 is 0. The lowest BCUT2D eigenvalue weighted by molar-refractivity contribution is -0.157. The molecule has 2 aromatic carbocycles. The molecule has 2 fully saturated rings. The quantitative estimate of drug-likeness (QED) is 0.834. The number of ether oxygens (including phenoxy) is 1. The number of carbonyl (C=O) groups is 2. The number of hydrogen-bond acceptors (Lipinski definition) is 3. The van der Waals surface area contributed by atoms with Crippen molar-refractivity contribution in [3.05, 3.63) is 71.3 Å². The molecule has 0 spiro atoms. The predicted molar refractivity (Wildman–Crippen MR) is 102 cm³/mol. The minimum Gasteiger partial charge on any atom is -0.364 e. The average molecular weight is 418 g/mol. The number of piperidine rings is 1. The summed E-state index contributed by atoms with van der Waals surface area (Å²) in [6.45, 7) is 0.391. The number of likely N-dealkylation sites (tertiary alicyclic amines) is 1. The van der Waals surface area contributed by atoms with Crippen LogP contribution in [0.4, 0.5) is 13.2 Å². The molecule has 2 aliphatic heterocycles. The summed E-state index contributed by atoms with van der Waals surface area (Å²) in [4.78, 5) is 26.4. The van der Waals surface area contributed by atoms with E-state index in [1.54, 1.807) is 0 Å². The number of fused-ring (bicyclic) bond motifs is 1. The summed E-state index contributed by atoms with van der Waals surface area (Å²) in [5.74, 6) is -0.622. The van der Waals surface area contributed by atoms with Crippen molar-refractivity contribution in [2.24, 2.45) is 0 Å². The molecule has 8 heteroatoms. The maximum absolute atomic E-state index is 13.3. The van der Waals surface area contributed by atoms with E-state index in [4.69, 9.17) is 4.74 Å². The van der Waals surface area contributed by atoms with Crippen molar-refractivity contribution < 1.29 is 27.5 Å². The molecule has 0 aromatic heterocycles. The van der Waals surface area contributed by atoms with Gasteiger partial charge in [-0.3, -0.25) is 9.59 Å². The second-order valence-electron chi connectivity index (χ2n) is 7.61. The monoisotopic (exact) mass is 418 g/mol. The van der Waals surface area contributed by atoms with Gasteiger partial charge in [0.1, 0.15) is 12.7 Å². The Bertz CT molecular complexity index is 948. The molecule has 2 aromatic rings. The normalized spacial score (nSPS) is 24.2. The Hall–Kier alpha value is -2.87. The van der Waals surface area contributed by atoms with Crippen molar-refractivity contribution >= 4 is 11.8 Å². The Morgan fingerprint density at radius 1 is 1.13 bits per heavy atom. The highest BCUT2D eigenvalue weighted by atomic mass is 19.4. The van der Waals surface area contributed by atoms with Gasteiger partial charge in [0.05, 0.1) is 17.5 Å². The zero-order valence-corrected chi connectivity index (χ0v) is 16.1. The van der Waals surface area contributed by atoms with E-state index in [0.717, 1.165) is 11.6 Å². The van der Waals surface area contributed by atoms with E-state index in [9.17, 15) is 22.8 Å². The van der Waals surface area contributed by atoms with Gasteiger partial charge in [-0.05, 0) is 23.6 Å². The fraction of sp³-hybridized carbons (Fsp3) is 0.364. The van der Waals surface area contributed by atoms with Crippen molar-refractivity contribution in [2.75, 3.05) is 19.7 Å². The van der Waals surface area contributed by atoms with Crippen LogP contribution in [0.2, 0.25) is 0 Å². The molecule has 4 rings (SSSR count). The van der Waals surface area contributed by atoms with Gasteiger partial charge in [-0.1, -0.05) is 48.5 Å². The van der Waals surface area contributed by atoms with Crippen LogP contribution in [0, 0.1) is 0 Å². The van der Waals surface area contributed by atoms with Crippen LogP contribution >= 0.6 is 0 Å². The lowest BCUT2D eigenvalue weighted by Gasteiger charge is -2.50. The Balaban J connectivity index is 1.54. The van der Waals surface area contributed by atoms with E-state index in [2.05, 4.69) is 5.32 Å². The van der Waals surface area contributed by atoms with Crippen LogP contribution in [0.15, 0.2) is 54.6 Å². The molecule has 2 heterocycles. The molecule has 2 amide bonds. The molecule has 0 radical (unpaired) electrons. The number of nitrogens with zero attached hydrogens (tertiary/aromatic N) is 1. The SMILES string of the molecule is O=C1CO[C@@H]2CN(C(=O)Cc3ccccc3C(F)(F)F)CC[C@@]2(c2ccccc2)N1. The van der Waals surface area contributed by atoms with Crippen molar-refractivity contribution in [3.8, 4) is 0 Å². The first-order valence-corrected chi connectivity index (χ1v) is 9.70. The second kappa shape index (κ2) is 7.75. The number of amides is 2. The molecule has 2 saturated heterocycles. The molecule has 0 unspecified atom stereocenters. The summed E-state index contributed by atoms with van der Waals surface area (Å²) in [6, 6.07) is 14.5. The minimum atomic E-state index is -4.52. The third kappa shape index (κ3) is 3.79. The topological polar surface area (TPSA) is 58.6 Å². The Kier molecular flexibility index (Phi) is 5.27. The minimum absolute atomic E-state index is 0.0484. The van der Waals surface area contributed by atoms with Crippen LogP contribution in [0.5, 0.6) is 0 Å². The van der Waals surface area contributed by atoms with Gasteiger partial charge in [0.2, 0.25) is 11.8 Å². The van der Waals surface area contributed by atoms with E-state index in [1.807, 2.05) is 30.3 Å². The van der Waals surface area contributed by atoms with Crippen molar-refractivity contribution in [1.82, 2.24) is 10.2 Å². The molecule has 0 saturated carbocycles. The summed E-state index contributed by atoms with van der Waals surface area (Å²) in [5.41, 5.74) is -0.711.